The van der Waals surface area contributed by atoms with E-state index in [0.717, 1.165) is 22.2 Å². The van der Waals surface area contributed by atoms with Gasteiger partial charge in [-0.2, -0.15) is 0 Å². The molecule has 0 aliphatic carbocycles. The van der Waals surface area contributed by atoms with E-state index >= 15 is 0 Å². The maximum Gasteiger partial charge on any atom is 0.255 e. The van der Waals surface area contributed by atoms with Crippen molar-refractivity contribution in [2.45, 2.75) is 13.8 Å². The number of nitrogens with one attached hydrogen (secondary N) is 2. The number of hydrogen-bond donors (Lipinski definition) is 2. The van der Waals surface area contributed by atoms with Gasteiger partial charge in [0.15, 0.2) is 0 Å². The van der Waals surface area contributed by atoms with Crippen molar-refractivity contribution in [1.29, 1.82) is 0 Å². The molecule has 0 fully saturated rings. The first kappa shape index (κ1) is 15.6. The van der Waals surface area contributed by atoms with Crippen LogP contribution < -0.4 is 10.6 Å². The minimum absolute atomic E-state index is 0.233. The number of aromatic nitrogens is 2. The third-order valence-electron chi connectivity index (χ3n) is 3.65. The van der Waals surface area contributed by atoms with Crippen LogP contribution in [0, 0.1) is 13.8 Å². The minimum Gasteiger partial charge on any atom is -0.322 e. The Hall–Kier alpha value is -3.28. The van der Waals surface area contributed by atoms with Crippen LogP contribution >= 0.6 is 0 Å². The molecule has 0 radical (unpaired) electrons. The number of aryl methyl sites for hydroxylation is 2. The molecule has 2 amide bonds. The zero-order valence-electron chi connectivity index (χ0n) is 13.3. The van der Waals surface area contributed by atoms with Crippen molar-refractivity contribution in [3.05, 3.63) is 59.4 Å². The number of anilines is 2. The average molecular weight is 320 g/mol. The Morgan fingerprint density at radius 3 is 2.75 bits per heavy atom. The van der Waals surface area contributed by atoms with E-state index in [-0.39, 0.29) is 5.91 Å². The van der Waals surface area contributed by atoms with Gasteiger partial charge in [0.25, 0.3) is 5.91 Å². The lowest BCUT2D eigenvalue weighted by Gasteiger charge is -2.10. The topological polar surface area (TPSA) is 84.0 Å². The maximum absolute atomic E-state index is 12.5. The quantitative estimate of drug-likeness (QED) is 0.724. The number of carbonyl (C=O) groups excluding carboxylic acids is 2. The van der Waals surface area contributed by atoms with Crippen LogP contribution in [0.1, 0.15) is 21.6 Å². The predicted octanol–water partition coefficient (Wildman–Crippen LogP) is 3.07. The van der Waals surface area contributed by atoms with Crippen LogP contribution in [0.2, 0.25) is 0 Å². The second kappa shape index (κ2) is 6.45. The zero-order chi connectivity index (χ0) is 17.1. The predicted molar refractivity (Wildman–Crippen MR) is 93.1 cm³/mol. The molecule has 3 rings (SSSR count). The number of pyridine rings is 2. The first-order valence-corrected chi connectivity index (χ1v) is 7.42. The van der Waals surface area contributed by atoms with E-state index < -0.39 is 0 Å². The molecule has 2 aromatic heterocycles. The summed E-state index contributed by atoms with van der Waals surface area (Å²) in [6, 6.07) is 10.8. The number of amides is 2. The summed E-state index contributed by atoms with van der Waals surface area (Å²) < 4.78 is 0. The van der Waals surface area contributed by atoms with E-state index in [2.05, 4.69) is 20.6 Å². The van der Waals surface area contributed by atoms with Crippen molar-refractivity contribution >= 4 is 34.7 Å². The van der Waals surface area contributed by atoms with Gasteiger partial charge in [0.05, 0.1) is 5.52 Å². The molecular formula is C18H16N4O2. The molecule has 2 heterocycles. The van der Waals surface area contributed by atoms with E-state index in [1.807, 2.05) is 32.0 Å². The molecule has 3 aromatic rings. The lowest BCUT2D eigenvalue weighted by Crippen LogP contribution is -2.13. The maximum atomic E-state index is 12.5. The monoisotopic (exact) mass is 320 g/mol. The lowest BCUT2D eigenvalue weighted by atomic mass is 10.1. The molecule has 0 spiro atoms. The number of fused-ring (bicyclic) bond motifs is 1. The number of carbonyl (C=O) groups is 2. The fraction of sp³-hybridized carbons (Fsp3) is 0.111. The molecular weight excluding hydrogens is 304 g/mol. The standard InChI is InChI=1S/C18H16N4O2/c1-11-9-19-17(20-10-23)8-16(11)22-18(24)14-5-6-15-13(7-14)4-3-12(2)21-15/h3-10H,1-2H3,(H2,19,20,22,23,24). The SMILES string of the molecule is Cc1ccc2cc(C(=O)Nc3cc(NC=O)ncc3C)ccc2n1. The van der Waals surface area contributed by atoms with Crippen LogP contribution in [-0.2, 0) is 4.79 Å². The molecule has 0 aliphatic rings. The second-order valence-electron chi connectivity index (χ2n) is 5.46. The molecule has 0 bridgehead atoms. The molecule has 0 unspecified atom stereocenters. The van der Waals surface area contributed by atoms with E-state index in [0.29, 0.717) is 23.5 Å². The van der Waals surface area contributed by atoms with Crippen molar-refractivity contribution in [1.82, 2.24) is 9.97 Å². The third kappa shape index (κ3) is 3.22. The summed E-state index contributed by atoms with van der Waals surface area (Å²) in [5, 5.41) is 6.22. The lowest BCUT2D eigenvalue weighted by molar-refractivity contribution is -0.105. The summed E-state index contributed by atoms with van der Waals surface area (Å²) >= 11 is 0. The van der Waals surface area contributed by atoms with Gasteiger partial charge in [0, 0.05) is 34.6 Å². The third-order valence-corrected chi connectivity index (χ3v) is 3.65. The van der Waals surface area contributed by atoms with Crippen LogP contribution in [0.5, 0.6) is 0 Å². The van der Waals surface area contributed by atoms with Gasteiger partial charge in [-0.1, -0.05) is 6.07 Å². The highest BCUT2D eigenvalue weighted by Gasteiger charge is 2.10. The van der Waals surface area contributed by atoms with Crippen molar-refractivity contribution in [3.63, 3.8) is 0 Å². The summed E-state index contributed by atoms with van der Waals surface area (Å²) in [6.45, 7) is 3.76. The molecule has 0 saturated heterocycles. The highest BCUT2D eigenvalue weighted by atomic mass is 16.1. The Morgan fingerprint density at radius 1 is 1.12 bits per heavy atom. The van der Waals surface area contributed by atoms with Crippen molar-refractivity contribution in [2.75, 3.05) is 10.6 Å². The minimum atomic E-state index is -0.233. The molecule has 24 heavy (non-hydrogen) atoms. The Morgan fingerprint density at radius 2 is 1.96 bits per heavy atom. The summed E-state index contributed by atoms with van der Waals surface area (Å²) in [7, 11) is 0. The highest BCUT2D eigenvalue weighted by molar-refractivity contribution is 6.06. The Bertz CT molecular complexity index is 937. The molecule has 120 valence electrons. The van der Waals surface area contributed by atoms with Crippen molar-refractivity contribution in [3.8, 4) is 0 Å². The van der Waals surface area contributed by atoms with Crippen LogP contribution in [0.25, 0.3) is 10.9 Å². The van der Waals surface area contributed by atoms with Crippen LogP contribution in [0.3, 0.4) is 0 Å². The van der Waals surface area contributed by atoms with Crippen molar-refractivity contribution in [2.24, 2.45) is 0 Å². The van der Waals surface area contributed by atoms with Crippen molar-refractivity contribution < 1.29 is 9.59 Å². The van der Waals surface area contributed by atoms with E-state index in [1.165, 1.54) is 0 Å². The summed E-state index contributed by atoms with van der Waals surface area (Å²) in [4.78, 5) is 31.5. The highest BCUT2D eigenvalue weighted by Crippen LogP contribution is 2.20. The summed E-state index contributed by atoms with van der Waals surface area (Å²) in [5.41, 5.74) is 3.72. The van der Waals surface area contributed by atoms with Gasteiger partial charge in [-0.15, -0.1) is 0 Å². The molecule has 6 nitrogen and oxygen atoms in total. The molecule has 0 saturated carbocycles. The Labute approximate surface area is 138 Å². The fourth-order valence-electron chi connectivity index (χ4n) is 2.36. The van der Waals surface area contributed by atoms with E-state index in [1.54, 1.807) is 24.4 Å². The second-order valence-corrected chi connectivity index (χ2v) is 5.46. The number of nitrogens with zero attached hydrogens (tertiary/aromatic N) is 2. The van der Waals surface area contributed by atoms with E-state index in [9.17, 15) is 9.59 Å². The number of benzene rings is 1. The zero-order valence-corrected chi connectivity index (χ0v) is 13.3. The summed E-state index contributed by atoms with van der Waals surface area (Å²) in [5.74, 6) is 0.146. The van der Waals surface area contributed by atoms with Gasteiger partial charge in [-0.3, -0.25) is 14.6 Å². The first-order valence-electron chi connectivity index (χ1n) is 7.42. The Kier molecular flexibility index (Phi) is 4.20. The molecule has 0 atom stereocenters. The largest absolute Gasteiger partial charge is 0.322 e. The van der Waals surface area contributed by atoms with Gasteiger partial charge < -0.3 is 10.6 Å². The molecule has 2 N–H and O–H groups in total. The molecule has 6 heteroatoms. The van der Waals surface area contributed by atoms with Gasteiger partial charge in [-0.25, -0.2) is 4.98 Å². The van der Waals surface area contributed by atoms with Gasteiger partial charge in [0.2, 0.25) is 6.41 Å². The molecule has 1 aromatic carbocycles. The van der Waals surface area contributed by atoms with Gasteiger partial charge in [0.1, 0.15) is 5.82 Å². The van der Waals surface area contributed by atoms with Gasteiger partial charge in [-0.05, 0) is 43.7 Å². The van der Waals surface area contributed by atoms with Crippen LogP contribution in [0.4, 0.5) is 11.5 Å². The average Bonchev–Trinajstić information content (AvgIpc) is 2.57. The van der Waals surface area contributed by atoms with Gasteiger partial charge >= 0.3 is 0 Å². The Balaban J connectivity index is 1.88. The smallest absolute Gasteiger partial charge is 0.255 e. The fourth-order valence-corrected chi connectivity index (χ4v) is 2.36. The molecule has 0 aliphatic heterocycles. The summed E-state index contributed by atoms with van der Waals surface area (Å²) in [6.07, 6.45) is 2.14. The number of rotatable bonds is 4. The number of hydrogen-bond acceptors (Lipinski definition) is 4. The first-order chi connectivity index (χ1) is 11.6. The normalized spacial score (nSPS) is 10.4. The van der Waals surface area contributed by atoms with Crippen LogP contribution in [-0.4, -0.2) is 22.3 Å². The van der Waals surface area contributed by atoms with Crippen LogP contribution in [0.15, 0.2) is 42.6 Å². The van der Waals surface area contributed by atoms with E-state index in [4.69, 9.17) is 0 Å².